The Morgan fingerprint density at radius 3 is 3.00 bits per heavy atom. The van der Waals surface area contributed by atoms with E-state index in [-0.39, 0.29) is 18.5 Å². The minimum absolute atomic E-state index is 0.102. The normalized spacial score (nSPS) is 27.7. The molecule has 2 heterocycles. The number of nitrogens with zero attached hydrogens (tertiary/aromatic N) is 4. The van der Waals surface area contributed by atoms with Crippen LogP contribution in [0.25, 0.3) is 0 Å². The van der Waals surface area contributed by atoms with Gasteiger partial charge in [-0.2, -0.15) is 5.10 Å². The summed E-state index contributed by atoms with van der Waals surface area (Å²) in [7, 11) is 1.65. The van der Waals surface area contributed by atoms with Crippen molar-refractivity contribution in [2.24, 2.45) is 11.8 Å². The monoisotopic (exact) mass is 293 g/mol. The third-order valence-corrected chi connectivity index (χ3v) is 4.57. The highest BCUT2D eigenvalue weighted by Crippen LogP contribution is 2.42. The van der Waals surface area contributed by atoms with Crippen LogP contribution in [-0.4, -0.2) is 61.7 Å². The molecule has 3 atom stereocenters. The lowest BCUT2D eigenvalue weighted by molar-refractivity contribution is -0.142. The summed E-state index contributed by atoms with van der Waals surface area (Å²) in [6, 6.07) is -0.949. The van der Waals surface area contributed by atoms with Gasteiger partial charge in [0.15, 0.2) is 0 Å². The molecule has 2 aliphatic rings. The molecular weight excluding hydrogens is 274 g/mol. The number of aromatic nitrogens is 3. The highest BCUT2D eigenvalue weighted by Gasteiger charge is 2.50. The third kappa shape index (κ3) is 2.45. The molecule has 1 aromatic rings. The molecule has 1 saturated carbocycles. The van der Waals surface area contributed by atoms with Gasteiger partial charge >= 0.3 is 12.0 Å². The number of likely N-dealkylation sites (tertiary alicyclic amines) is 1. The van der Waals surface area contributed by atoms with E-state index in [9.17, 15) is 14.7 Å². The number of hydrogen-bond acceptors (Lipinski definition) is 4. The van der Waals surface area contributed by atoms with Crippen molar-refractivity contribution in [3.63, 3.8) is 0 Å². The van der Waals surface area contributed by atoms with Gasteiger partial charge in [0.2, 0.25) is 0 Å². The number of urea groups is 1. The molecule has 8 heteroatoms. The molecule has 21 heavy (non-hydrogen) atoms. The first-order valence-corrected chi connectivity index (χ1v) is 7.16. The molecule has 2 amide bonds. The van der Waals surface area contributed by atoms with Crippen LogP contribution in [0.15, 0.2) is 6.33 Å². The van der Waals surface area contributed by atoms with Gasteiger partial charge < -0.3 is 14.9 Å². The van der Waals surface area contributed by atoms with Crippen LogP contribution in [0.4, 0.5) is 4.79 Å². The van der Waals surface area contributed by atoms with E-state index in [1.165, 1.54) is 16.1 Å². The highest BCUT2D eigenvalue weighted by atomic mass is 16.4. The Labute approximate surface area is 122 Å². The molecule has 2 N–H and O–H groups in total. The lowest BCUT2D eigenvalue weighted by Crippen LogP contribution is -2.48. The number of amides is 2. The second kappa shape index (κ2) is 5.34. The zero-order chi connectivity index (χ0) is 15.0. The maximum absolute atomic E-state index is 12.5. The molecule has 1 aliphatic heterocycles. The number of hydrogen-bond donors (Lipinski definition) is 2. The van der Waals surface area contributed by atoms with Crippen molar-refractivity contribution in [1.29, 1.82) is 0 Å². The average Bonchev–Trinajstić information content (AvgIpc) is 3.12. The smallest absolute Gasteiger partial charge is 0.326 e. The number of carboxylic acid groups (broad SMARTS) is 1. The summed E-state index contributed by atoms with van der Waals surface area (Å²) in [6.07, 6.45) is 4.37. The van der Waals surface area contributed by atoms with Crippen LogP contribution in [0.1, 0.15) is 25.1 Å². The van der Waals surface area contributed by atoms with Crippen molar-refractivity contribution in [3.8, 4) is 0 Å². The fourth-order valence-electron chi connectivity index (χ4n) is 3.64. The molecule has 1 saturated heterocycles. The lowest BCUT2D eigenvalue weighted by Gasteiger charge is -2.28. The maximum Gasteiger partial charge on any atom is 0.326 e. The SMILES string of the molecule is CN(Cc1ncn[nH]1)C(=O)N1CC2CCCC2C1C(=O)O. The van der Waals surface area contributed by atoms with Gasteiger partial charge in [-0.25, -0.2) is 14.6 Å². The van der Waals surface area contributed by atoms with Gasteiger partial charge in [0, 0.05) is 13.6 Å². The number of carboxylic acids is 1. The molecule has 2 fully saturated rings. The van der Waals surface area contributed by atoms with Crippen LogP contribution >= 0.6 is 0 Å². The summed E-state index contributed by atoms with van der Waals surface area (Å²) in [5.74, 6) is 0.113. The van der Waals surface area contributed by atoms with E-state index in [0.717, 1.165) is 19.3 Å². The van der Waals surface area contributed by atoms with Crippen LogP contribution in [-0.2, 0) is 11.3 Å². The number of nitrogens with one attached hydrogen (secondary N) is 1. The topological polar surface area (TPSA) is 102 Å². The Balaban J connectivity index is 1.72. The summed E-state index contributed by atoms with van der Waals surface area (Å²) in [5, 5.41) is 15.9. The van der Waals surface area contributed by atoms with Gasteiger partial charge in [0.05, 0.1) is 6.54 Å². The number of aromatic amines is 1. The van der Waals surface area contributed by atoms with Gasteiger partial charge in [-0.3, -0.25) is 5.10 Å². The standard InChI is InChI=1S/C13H19N5O3/c1-17(6-10-14-7-15-16-10)13(21)18-5-8-3-2-4-9(8)11(18)12(19)20/h7-9,11H,2-6H2,1H3,(H,19,20)(H,14,15,16). The van der Waals surface area contributed by atoms with Gasteiger partial charge in [0.1, 0.15) is 18.2 Å². The molecule has 8 nitrogen and oxygen atoms in total. The van der Waals surface area contributed by atoms with E-state index in [1.54, 1.807) is 7.05 Å². The zero-order valence-corrected chi connectivity index (χ0v) is 11.9. The minimum atomic E-state index is -0.897. The Morgan fingerprint density at radius 1 is 1.52 bits per heavy atom. The van der Waals surface area contributed by atoms with E-state index in [4.69, 9.17) is 0 Å². The van der Waals surface area contributed by atoms with Crippen LogP contribution in [0.2, 0.25) is 0 Å². The van der Waals surface area contributed by atoms with Crippen molar-refractivity contribution < 1.29 is 14.7 Å². The largest absolute Gasteiger partial charge is 0.480 e. The third-order valence-electron chi connectivity index (χ3n) is 4.57. The van der Waals surface area contributed by atoms with Crippen LogP contribution < -0.4 is 0 Å². The first kappa shape index (κ1) is 13.8. The van der Waals surface area contributed by atoms with E-state index in [2.05, 4.69) is 15.2 Å². The Bertz CT molecular complexity index is 532. The zero-order valence-electron chi connectivity index (χ0n) is 11.9. The van der Waals surface area contributed by atoms with Gasteiger partial charge in [0.25, 0.3) is 0 Å². The van der Waals surface area contributed by atoms with E-state index < -0.39 is 12.0 Å². The van der Waals surface area contributed by atoms with Crippen molar-refractivity contribution in [1.82, 2.24) is 25.0 Å². The number of carbonyl (C=O) groups excluding carboxylic acids is 1. The van der Waals surface area contributed by atoms with Crippen LogP contribution in [0, 0.1) is 11.8 Å². The summed E-state index contributed by atoms with van der Waals surface area (Å²) in [6.45, 7) is 0.832. The molecule has 1 aliphatic carbocycles. The molecule has 3 unspecified atom stereocenters. The number of carbonyl (C=O) groups is 2. The molecule has 1 aromatic heterocycles. The van der Waals surface area contributed by atoms with Gasteiger partial charge in [-0.1, -0.05) is 6.42 Å². The fraction of sp³-hybridized carbons (Fsp3) is 0.692. The van der Waals surface area contributed by atoms with Gasteiger partial charge in [-0.15, -0.1) is 0 Å². The molecule has 0 spiro atoms. The second-order valence-corrected chi connectivity index (χ2v) is 5.86. The highest BCUT2D eigenvalue weighted by molar-refractivity contribution is 5.83. The minimum Gasteiger partial charge on any atom is -0.480 e. The van der Waals surface area contributed by atoms with E-state index in [0.29, 0.717) is 18.3 Å². The Hall–Kier alpha value is -2.12. The molecule has 114 valence electrons. The van der Waals surface area contributed by atoms with Crippen LogP contribution in [0.5, 0.6) is 0 Å². The van der Waals surface area contributed by atoms with Crippen molar-refractivity contribution in [3.05, 3.63) is 12.2 Å². The number of fused-ring (bicyclic) bond motifs is 1. The molecular formula is C13H19N5O3. The predicted octanol–water partition coefficient (Wildman–Crippen LogP) is 0.542. The Kier molecular flexibility index (Phi) is 3.52. The molecule has 3 rings (SSSR count). The molecule has 0 bridgehead atoms. The van der Waals surface area contributed by atoms with Crippen molar-refractivity contribution in [2.75, 3.05) is 13.6 Å². The van der Waals surface area contributed by atoms with E-state index >= 15 is 0 Å². The number of aliphatic carboxylic acids is 1. The fourth-order valence-corrected chi connectivity index (χ4v) is 3.64. The quantitative estimate of drug-likeness (QED) is 0.847. The summed E-state index contributed by atoms with van der Waals surface area (Å²) < 4.78 is 0. The van der Waals surface area contributed by atoms with Crippen LogP contribution in [0.3, 0.4) is 0 Å². The van der Waals surface area contributed by atoms with Crippen molar-refractivity contribution >= 4 is 12.0 Å². The second-order valence-electron chi connectivity index (χ2n) is 5.86. The summed E-state index contributed by atoms with van der Waals surface area (Å²) in [5.41, 5.74) is 0. The lowest BCUT2D eigenvalue weighted by atomic mass is 9.94. The van der Waals surface area contributed by atoms with Crippen molar-refractivity contribution in [2.45, 2.75) is 31.8 Å². The predicted molar refractivity (Wildman–Crippen MR) is 72.2 cm³/mol. The molecule has 0 aromatic carbocycles. The Morgan fingerprint density at radius 2 is 2.33 bits per heavy atom. The summed E-state index contributed by atoms with van der Waals surface area (Å²) >= 11 is 0. The van der Waals surface area contributed by atoms with Gasteiger partial charge in [-0.05, 0) is 24.7 Å². The summed E-state index contributed by atoms with van der Waals surface area (Å²) in [4.78, 5) is 31.1. The van der Waals surface area contributed by atoms with E-state index in [1.807, 2.05) is 0 Å². The number of rotatable bonds is 3. The first-order chi connectivity index (χ1) is 10.1. The number of H-pyrrole nitrogens is 1. The first-order valence-electron chi connectivity index (χ1n) is 7.16. The molecule has 0 radical (unpaired) electrons. The maximum atomic E-state index is 12.5. The average molecular weight is 293 g/mol.